The highest BCUT2D eigenvalue weighted by atomic mass is 16.8. The SMILES string of the molecule is O=C(O)CCCC(=O)O[C@@H]1[C@@H](O)[C@H]2O[C@H]3[C@H](O)[C@@H](O)[C@@H](O[C@H]4[C@H](O)[C@@H](O)[C@@H](O[C@H]5[C@H](O)[C@@H](O)[C@@H](O[C@H]6[C@H](O)[C@@H](O)[C@@H](O[C@H]7[C@H](O)[C@@H](O)[C@@H](O[C@H]1[C@@H](CO)O2)O[C@@H]7CO)O[C@@H]6CO)O[C@@H]5CO)O[C@@H]4CO)O[C@@H]3CO. The highest BCUT2D eigenvalue weighted by Crippen LogP contribution is 2.38. The third kappa shape index (κ3) is 12.3. The lowest BCUT2D eigenvalue weighted by molar-refractivity contribution is -0.404. The van der Waals surface area contributed by atoms with E-state index in [-0.39, 0.29) is 6.42 Å². The van der Waals surface area contributed by atoms with Crippen molar-refractivity contribution >= 4 is 11.9 Å². The second-order valence-corrected chi connectivity index (χ2v) is 18.6. The van der Waals surface area contributed by atoms with Gasteiger partial charge in [-0.3, -0.25) is 9.59 Å². The number of aliphatic carboxylic acids is 1. The van der Waals surface area contributed by atoms with Crippen LogP contribution >= 0.6 is 0 Å². The van der Waals surface area contributed by atoms with Crippen LogP contribution in [0.1, 0.15) is 19.3 Å². The van der Waals surface area contributed by atoms with Crippen molar-refractivity contribution in [2.75, 3.05) is 39.6 Å². The lowest BCUT2D eigenvalue weighted by Gasteiger charge is -2.51. The first-order valence-corrected chi connectivity index (χ1v) is 23.6. The van der Waals surface area contributed by atoms with Gasteiger partial charge in [0.25, 0.3) is 0 Å². The van der Waals surface area contributed by atoms with Gasteiger partial charge in [0.05, 0.1) is 39.6 Å². The van der Waals surface area contributed by atoms with Gasteiger partial charge in [-0.1, -0.05) is 0 Å². The van der Waals surface area contributed by atoms with Crippen LogP contribution in [0.4, 0.5) is 0 Å². The van der Waals surface area contributed by atoms with E-state index >= 15 is 0 Å². The van der Waals surface area contributed by atoms with Gasteiger partial charge in [0.1, 0.15) is 140 Å². The number of ether oxygens (including phenoxy) is 13. The Balaban J connectivity index is 1.22. The summed E-state index contributed by atoms with van der Waals surface area (Å²) in [6.45, 7) is -6.34. The summed E-state index contributed by atoms with van der Waals surface area (Å²) in [4.78, 5) is 24.4. The number of esters is 1. The Kier molecular flexibility index (Phi) is 20.7. The molecule has 0 aromatic carbocycles. The van der Waals surface area contributed by atoms with E-state index in [1.165, 1.54) is 0 Å². The van der Waals surface area contributed by atoms with Crippen LogP contribution < -0.4 is 0 Å². The molecule has 12 bridgehead atoms. The van der Waals surface area contributed by atoms with Crippen molar-refractivity contribution in [2.24, 2.45) is 0 Å². The molecule has 0 aromatic rings. The van der Waals surface area contributed by atoms with Gasteiger partial charge < -0.3 is 153 Å². The number of aliphatic hydroxyl groups excluding tert-OH is 17. The van der Waals surface area contributed by atoms with Gasteiger partial charge in [0.15, 0.2) is 43.8 Å². The summed E-state index contributed by atoms with van der Waals surface area (Å²) in [6, 6.07) is 0. The molecule has 22 rings (SSSR count). The molecule has 18 N–H and O–H groups in total. The maximum atomic E-state index is 13.2. The second kappa shape index (κ2) is 25.7. The zero-order chi connectivity index (χ0) is 54.0. The van der Waals surface area contributed by atoms with Crippen LogP contribution in [0.3, 0.4) is 0 Å². The van der Waals surface area contributed by atoms with Crippen molar-refractivity contribution in [3.8, 4) is 0 Å². The topological polar surface area (TPSA) is 518 Å². The van der Waals surface area contributed by atoms with Crippen molar-refractivity contribution in [3.63, 3.8) is 0 Å². The Morgan fingerprint density at radius 1 is 0.311 bits per heavy atom. The van der Waals surface area contributed by atoms with E-state index in [0.29, 0.717) is 0 Å². The van der Waals surface area contributed by atoms with E-state index in [1.54, 1.807) is 0 Å². The molecular weight excluding hydrogens is 1020 g/mol. The lowest BCUT2D eigenvalue weighted by Crippen LogP contribution is -2.69. The maximum absolute atomic E-state index is 13.2. The number of hydrogen-bond acceptors (Lipinski definition) is 32. The molecule has 0 aromatic heterocycles. The van der Waals surface area contributed by atoms with Crippen molar-refractivity contribution in [2.45, 2.75) is 203 Å². The molecule has 22 heterocycles. The van der Waals surface area contributed by atoms with Gasteiger partial charge in [0.2, 0.25) is 0 Å². The number of carbonyl (C=O) groups excluding carboxylic acids is 1. The van der Waals surface area contributed by atoms with Gasteiger partial charge in [-0.25, -0.2) is 0 Å². The molecule has 0 saturated carbocycles. The van der Waals surface area contributed by atoms with Crippen LogP contribution in [0.15, 0.2) is 0 Å². The molecule has 30 atom stereocenters. The fourth-order valence-electron chi connectivity index (χ4n) is 9.64. The van der Waals surface area contributed by atoms with Crippen LogP contribution in [0.2, 0.25) is 0 Å². The van der Waals surface area contributed by atoms with Gasteiger partial charge in [-0.05, 0) is 6.42 Å². The molecule has 428 valence electrons. The van der Waals surface area contributed by atoms with Crippen LogP contribution in [-0.4, -0.2) is 328 Å². The summed E-state index contributed by atoms with van der Waals surface area (Å²) in [5, 5.41) is 196. The zero-order valence-corrected chi connectivity index (χ0v) is 38.9. The number of aliphatic hydroxyl groups is 17. The number of hydrogen-bond donors (Lipinski definition) is 18. The smallest absolute Gasteiger partial charge is 0.306 e. The molecular formula is C41H66O33. The molecule has 0 amide bonds. The average molecular weight is 1090 g/mol. The van der Waals surface area contributed by atoms with E-state index in [9.17, 15) is 96.4 Å². The van der Waals surface area contributed by atoms with Crippen LogP contribution in [0, 0.1) is 0 Å². The Labute approximate surface area is 417 Å². The fraction of sp³-hybridized carbons (Fsp3) is 0.951. The van der Waals surface area contributed by atoms with E-state index in [4.69, 9.17) is 66.7 Å². The molecule has 22 saturated heterocycles. The third-order valence-corrected chi connectivity index (χ3v) is 13.7. The normalized spacial score (nSPS) is 50.5. The van der Waals surface area contributed by atoms with Gasteiger partial charge >= 0.3 is 11.9 Å². The summed E-state index contributed by atoms with van der Waals surface area (Å²) < 4.78 is 74.2. The predicted molar refractivity (Wildman–Crippen MR) is 221 cm³/mol. The Morgan fingerprint density at radius 2 is 0.541 bits per heavy atom. The monoisotopic (exact) mass is 1090 g/mol. The summed E-state index contributed by atoms with van der Waals surface area (Å²) in [6.07, 6.45) is -61.9. The first-order chi connectivity index (χ1) is 35.2. The fourth-order valence-corrected chi connectivity index (χ4v) is 9.64. The number of carboxylic acids is 1. The number of carboxylic acid groups (broad SMARTS) is 1. The van der Waals surface area contributed by atoms with E-state index in [0.717, 1.165) is 0 Å². The van der Waals surface area contributed by atoms with E-state index in [1.807, 2.05) is 0 Å². The molecule has 22 fully saturated rings. The van der Waals surface area contributed by atoms with Crippen LogP contribution in [0.5, 0.6) is 0 Å². The Hall–Kier alpha value is -2.22. The maximum Gasteiger partial charge on any atom is 0.306 e. The molecule has 0 radical (unpaired) electrons. The minimum atomic E-state index is -2.27. The largest absolute Gasteiger partial charge is 0.481 e. The van der Waals surface area contributed by atoms with E-state index < -0.39 is 249 Å². The number of rotatable bonds is 11. The second-order valence-electron chi connectivity index (χ2n) is 18.6. The predicted octanol–water partition coefficient (Wildman–Crippen LogP) is -12.2. The van der Waals surface area contributed by atoms with Crippen molar-refractivity contribution in [1.29, 1.82) is 0 Å². The summed E-state index contributed by atoms with van der Waals surface area (Å²) in [5.41, 5.74) is 0. The zero-order valence-electron chi connectivity index (χ0n) is 38.9. The Morgan fingerprint density at radius 3 is 0.784 bits per heavy atom. The summed E-state index contributed by atoms with van der Waals surface area (Å²) in [7, 11) is 0. The molecule has 33 nitrogen and oxygen atoms in total. The van der Waals surface area contributed by atoms with Crippen LogP contribution in [-0.2, 0) is 71.2 Å². The van der Waals surface area contributed by atoms with Crippen molar-refractivity contribution in [3.05, 3.63) is 0 Å². The Bertz CT molecular complexity index is 1780. The average Bonchev–Trinajstić information content (AvgIpc) is 3.38. The van der Waals surface area contributed by atoms with Gasteiger partial charge in [-0.15, -0.1) is 0 Å². The van der Waals surface area contributed by atoms with Gasteiger partial charge in [0, 0.05) is 12.8 Å². The minimum absolute atomic E-state index is 0.281. The molecule has 22 aliphatic rings. The van der Waals surface area contributed by atoms with Crippen molar-refractivity contribution < 1.29 is 163 Å². The first kappa shape index (κ1) is 59.4. The highest BCUT2D eigenvalue weighted by Gasteiger charge is 2.59. The standard InChI is InChI=1S/C41H66O33/c42-4-10-29-18(51)23(56)36(62-10)70-30-11(5-43)64-38(25(58)20(30)53)72-32-13(7-45)66-40(27(60)22(32)55)74-34-15(9-47)67-41(28(61)35(34)68-17(50)3-1-2-16(48)49)73-33-14(8-46)65-39(26(59)21(33)54)71-31-12(6-44)63-37(69-29)24(57)19(31)52/h10-15,18-47,51-61H,1-9H2,(H,48,49)/t10-,11-,12-,13-,14-,15-,18-,19-,20-,21-,22-,23-,24-,25-,26-,27-,28-,29-,30-,31-,32-,33-,34+,35-,36-,37-,38-,39-,40-,41-/m1/s1. The minimum Gasteiger partial charge on any atom is -0.481 e. The molecule has 22 aliphatic heterocycles. The molecule has 0 aliphatic carbocycles. The summed E-state index contributed by atoms with van der Waals surface area (Å²) >= 11 is 0. The first-order valence-electron chi connectivity index (χ1n) is 23.6. The number of carbonyl (C=O) groups is 2. The molecule has 0 unspecified atom stereocenters. The van der Waals surface area contributed by atoms with Gasteiger partial charge in [-0.2, -0.15) is 0 Å². The lowest BCUT2D eigenvalue weighted by atomic mass is 9.94. The molecule has 74 heavy (non-hydrogen) atoms. The van der Waals surface area contributed by atoms with Crippen molar-refractivity contribution in [1.82, 2.24) is 0 Å². The molecule has 0 spiro atoms. The third-order valence-electron chi connectivity index (χ3n) is 13.7. The highest BCUT2D eigenvalue weighted by molar-refractivity contribution is 5.71. The van der Waals surface area contributed by atoms with E-state index in [2.05, 4.69) is 0 Å². The molecule has 33 heteroatoms. The summed E-state index contributed by atoms with van der Waals surface area (Å²) in [5.74, 6) is -2.45. The van der Waals surface area contributed by atoms with Crippen LogP contribution in [0.25, 0.3) is 0 Å². The quantitative estimate of drug-likeness (QED) is 0.0854.